The molecule has 0 saturated carbocycles. The zero-order valence-electron chi connectivity index (χ0n) is 12.0. The Labute approximate surface area is 128 Å². The van der Waals surface area contributed by atoms with Crippen molar-refractivity contribution in [2.75, 3.05) is 6.61 Å². The van der Waals surface area contributed by atoms with Crippen molar-refractivity contribution in [3.63, 3.8) is 0 Å². The van der Waals surface area contributed by atoms with Gasteiger partial charge in [-0.2, -0.15) is 0 Å². The largest absolute Gasteiger partial charge is 0.367 e. The van der Waals surface area contributed by atoms with Crippen molar-refractivity contribution in [3.8, 4) is 0 Å². The van der Waals surface area contributed by atoms with Gasteiger partial charge in [0.2, 0.25) is 5.79 Å². The molecule has 5 heteroatoms. The Morgan fingerprint density at radius 3 is 1.86 bits per heavy atom. The Morgan fingerprint density at radius 1 is 1.00 bits per heavy atom. The van der Waals surface area contributed by atoms with Crippen molar-refractivity contribution < 1.29 is 9.13 Å². The van der Waals surface area contributed by atoms with Gasteiger partial charge in [0.15, 0.2) is 0 Å². The van der Waals surface area contributed by atoms with Gasteiger partial charge in [-0.15, -0.1) is 0 Å². The highest BCUT2D eigenvalue weighted by Crippen LogP contribution is 2.46. The highest BCUT2D eigenvalue weighted by Gasteiger charge is 2.61. The quantitative estimate of drug-likeness (QED) is 0.353. The van der Waals surface area contributed by atoms with E-state index in [-0.39, 0.29) is 6.61 Å². The fraction of sp³-hybridized carbons (Fsp3) is 0.294. The van der Waals surface area contributed by atoms with Crippen LogP contribution in [0.2, 0.25) is 0 Å². The predicted octanol–water partition coefficient (Wildman–Crippen LogP) is 4.22. The van der Waals surface area contributed by atoms with Crippen LogP contribution in [0.1, 0.15) is 11.1 Å². The van der Waals surface area contributed by atoms with Gasteiger partial charge in [-0.3, -0.25) is 0 Å². The van der Waals surface area contributed by atoms with E-state index in [1.54, 1.807) is 0 Å². The SMILES string of the molecule is [N-]=[N+]=N[C@@]1(F)COC1(Cc1ccccc1)Cc1ccccc1. The van der Waals surface area contributed by atoms with Gasteiger partial charge in [-0.05, 0) is 21.8 Å². The molecule has 1 aliphatic heterocycles. The normalized spacial score (nSPS) is 22.4. The molecular weight excluding hydrogens is 281 g/mol. The van der Waals surface area contributed by atoms with E-state index in [0.29, 0.717) is 12.8 Å². The second-order valence-electron chi connectivity index (χ2n) is 5.56. The van der Waals surface area contributed by atoms with Crippen LogP contribution in [-0.4, -0.2) is 18.0 Å². The Hall–Kier alpha value is -2.36. The molecule has 1 saturated heterocycles. The van der Waals surface area contributed by atoms with Gasteiger partial charge in [0.25, 0.3) is 0 Å². The summed E-state index contributed by atoms with van der Waals surface area (Å²) in [6, 6.07) is 19.1. The van der Waals surface area contributed by atoms with E-state index in [4.69, 9.17) is 10.3 Å². The minimum absolute atomic E-state index is 0.198. The topological polar surface area (TPSA) is 58.0 Å². The molecule has 4 nitrogen and oxygen atoms in total. The van der Waals surface area contributed by atoms with Gasteiger partial charge in [0.05, 0.1) is 6.61 Å². The third-order valence-electron chi connectivity index (χ3n) is 4.11. The fourth-order valence-corrected chi connectivity index (χ4v) is 2.87. The van der Waals surface area contributed by atoms with Crippen LogP contribution in [0.15, 0.2) is 65.8 Å². The van der Waals surface area contributed by atoms with Gasteiger partial charge in [0.1, 0.15) is 5.60 Å². The minimum Gasteiger partial charge on any atom is -0.367 e. The van der Waals surface area contributed by atoms with E-state index < -0.39 is 11.4 Å². The second-order valence-corrected chi connectivity index (χ2v) is 5.56. The second kappa shape index (κ2) is 5.79. The summed E-state index contributed by atoms with van der Waals surface area (Å²) in [6.07, 6.45) is 0.719. The van der Waals surface area contributed by atoms with Crippen molar-refractivity contribution in [2.45, 2.75) is 24.2 Å². The number of halogens is 1. The summed E-state index contributed by atoms with van der Waals surface area (Å²) in [7, 11) is 0. The summed E-state index contributed by atoms with van der Waals surface area (Å²) in [5.74, 6) is -2.02. The zero-order chi connectivity index (χ0) is 15.5. The summed E-state index contributed by atoms with van der Waals surface area (Å²) >= 11 is 0. The minimum atomic E-state index is -2.02. The maximum atomic E-state index is 15.1. The zero-order valence-corrected chi connectivity index (χ0v) is 12.0. The number of ether oxygens (including phenoxy) is 1. The van der Waals surface area contributed by atoms with E-state index in [9.17, 15) is 0 Å². The molecule has 0 radical (unpaired) electrons. The van der Waals surface area contributed by atoms with Gasteiger partial charge in [0, 0.05) is 17.8 Å². The Balaban J connectivity index is 1.94. The van der Waals surface area contributed by atoms with Crippen LogP contribution in [-0.2, 0) is 17.6 Å². The molecule has 0 N–H and O–H groups in total. The van der Waals surface area contributed by atoms with Gasteiger partial charge >= 0.3 is 0 Å². The predicted molar refractivity (Wildman–Crippen MR) is 82.0 cm³/mol. The molecule has 112 valence electrons. The molecule has 0 spiro atoms. The Bertz CT molecular complexity index is 644. The first kappa shape index (κ1) is 14.6. The summed E-state index contributed by atoms with van der Waals surface area (Å²) in [5, 5.41) is 3.40. The number of azide groups is 1. The molecule has 2 aromatic carbocycles. The molecule has 2 aromatic rings. The molecular formula is C17H16FN3O. The molecule has 1 aliphatic rings. The summed E-state index contributed by atoms with van der Waals surface area (Å²) in [4.78, 5) is 2.68. The summed E-state index contributed by atoms with van der Waals surface area (Å²) < 4.78 is 20.7. The van der Waals surface area contributed by atoms with Crippen LogP contribution in [0.4, 0.5) is 4.39 Å². The fourth-order valence-electron chi connectivity index (χ4n) is 2.87. The van der Waals surface area contributed by atoms with Gasteiger partial charge in [-0.1, -0.05) is 60.7 Å². The molecule has 0 unspecified atom stereocenters. The van der Waals surface area contributed by atoms with Crippen LogP contribution < -0.4 is 0 Å². The lowest BCUT2D eigenvalue weighted by Crippen LogP contribution is -2.67. The first-order chi connectivity index (χ1) is 10.7. The van der Waals surface area contributed by atoms with Crippen LogP contribution in [0.5, 0.6) is 0 Å². The Morgan fingerprint density at radius 2 is 1.50 bits per heavy atom. The van der Waals surface area contributed by atoms with Crippen molar-refractivity contribution in [1.29, 1.82) is 0 Å². The van der Waals surface area contributed by atoms with Crippen LogP contribution in [0, 0.1) is 0 Å². The highest BCUT2D eigenvalue weighted by atomic mass is 19.1. The van der Waals surface area contributed by atoms with E-state index in [2.05, 4.69) is 10.0 Å². The molecule has 0 bridgehead atoms. The lowest BCUT2D eigenvalue weighted by molar-refractivity contribution is -0.268. The number of alkyl halides is 1. The first-order valence-corrected chi connectivity index (χ1v) is 7.14. The molecule has 0 aromatic heterocycles. The molecule has 0 aliphatic carbocycles. The number of hydrogen-bond donors (Lipinski definition) is 0. The first-order valence-electron chi connectivity index (χ1n) is 7.14. The molecule has 1 heterocycles. The van der Waals surface area contributed by atoms with Crippen molar-refractivity contribution in [2.24, 2.45) is 5.11 Å². The number of nitrogens with zero attached hydrogens (tertiary/aromatic N) is 3. The maximum Gasteiger partial charge on any atom is 0.241 e. The van der Waals surface area contributed by atoms with E-state index in [1.165, 1.54) is 0 Å². The molecule has 1 fully saturated rings. The third-order valence-corrected chi connectivity index (χ3v) is 4.11. The number of benzene rings is 2. The van der Waals surface area contributed by atoms with Crippen molar-refractivity contribution >= 4 is 0 Å². The van der Waals surface area contributed by atoms with Gasteiger partial charge in [-0.25, -0.2) is 4.39 Å². The number of rotatable bonds is 5. The molecule has 0 amide bonds. The molecule has 22 heavy (non-hydrogen) atoms. The summed E-state index contributed by atoms with van der Waals surface area (Å²) in [5.41, 5.74) is 9.45. The van der Waals surface area contributed by atoms with Crippen LogP contribution in [0.3, 0.4) is 0 Å². The standard InChI is InChI=1S/C17H16FN3O/c18-17(20-21-19)13-22-16(17,11-14-7-3-1-4-8-14)12-15-9-5-2-6-10-15/h1-10H,11-13H2/t17-/m0/s1. The van der Waals surface area contributed by atoms with Crippen molar-refractivity contribution in [1.82, 2.24) is 0 Å². The van der Waals surface area contributed by atoms with E-state index >= 15 is 4.39 Å². The average Bonchev–Trinajstić information content (AvgIpc) is 2.55. The van der Waals surface area contributed by atoms with E-state index in [1.807, 2.05) is 60.7 Å². The monoisotopic (exact) mass is 297 g/mol. The third kappa shape index (κ3) is 2.56. The lowest BCUT2D eigenvalue weighted by Gasteiger charge is -2.51. The lowest BCUT2D eigenvalue weighted by atomic mass is 9.76. The van der Waals surface area contributed by atoms with Crippen molar-refractivity contribution in [3.05, 3.63) is 82.2 Å². The Kier molecular flexibility index (Phi) is 3.84. The number of hydrogen-bond acceptors (Lipinski definition) is 2. The maximum absolute atomic E-state index is 15.1. The van der Waals surface area contributed by atoms with E-state index in [0.717, 1.165) is 11.1 Å². The summed E-state index contributed by atoms with van der Waals surface area (Å²) in [6.45, 7) is -0.198. The smallest absolute Gasteiger partial charge is 0.241 e. The van der Waals surface area contributed by atoms with Crippen LogP contribution in [0.25, 0.3) is 10.4 Å². The highest BCUT2D eigenvalue weighted by molar-refractivity contribution is 5.26. The van der Waals surface area contributed by atoms with Crippen LogP contribution >= 0.6 is 0 Å². The molecule has 3 rings (SSSR count). The average molecular weight is 297 g/mol. The molecule has 1 atom stereocenters. The van der Waals surface area contributed by atoms with Gasteiger partial charge < -0.3 is 4.74 Å².